The molecule has 2 aliphatic rings. The van der Waals surface area contributed by atoms with E-state index in [2.05, 4.69) is 21.3 Å². The minimum Gasteiger partial charge on any atom is -0.422 e. The van der Waals surface area contributed by atoms with E-state index in [4.69, 9.17) is 4.42 Å². The van der Waals surface area contributed by atoms with Gasteiger partial charge in [0.15, 0.2) is 0 Å². The molecule has 0 unspecified atom stereocenters. The highest BCUT2D eigenvalue weighted by atomic mass is 16.4. The number of nitrogens with zero attached hydrogens (tertiary/aromatic N) is 3. The predicted octanol–water partition coefficient (Wildman–Crippen LogP) is 2.97. The number of rotatable bonds is 2. The summed E-state index contributed by atoms with van der Waals surface area (Å²) in [4.78, 5) is 19.7. The van der Waals surface area contributed by atoms with Gasteiger partial charge in [-0.1, -0.05) is 6.07 Å². The normalized spacial score (nSPS) is 21.2. The fraction of sp³-hybridized carbons (Fsp3) is 0.273. The average molecular weight is 372 g/mol. The van der Waals surface area contributed by atoms with Crippen LogP contribution >= 0.6 is 0 Å². The minimum atomic E-state index is -0.352. The monoisotopic (exact) mass is 372 g/mol. The van der Waals surface area contributed by atoms with Crippen LogP contribution in [0.2, 0.25) is 0 Å². The Hall–Kier alpha value is -3.12. The number of anilines is 1. The topological polar surface area (TPSA) is 62.8 Å². The maximum absolute atomic E-state index is 12.7. The van der Waals surface area contributed by atoms with Gasteiger partial charge in [0, 0.05) is 54.7 Å². The van der Waals surface area contributed by atoms with E-state index in [1.54, 1.807) is 0 Å². The van der Waals surface area contributed by atoms with Gasteiger partial charge in [-0.3, -0.25) is 0 Å². The van der Waals surface area contributed by atoms with Crippen molar-refractivity contribution in [3.05, 3.63) is 64.8 Å². The van der Waals surface area contributed by atoms with Crippen molar-refractivity contribution in [1.29, 1.82) is 0 Å². The van der Waals surface area contributed by atoms with Crippen molar-refractivity contribution in [2.75, 3.05) is 18.0 Å². The number of benzene rings is 1. The van der Waals surface area contributed by atoms with E-state index in [1.165, 1.54) is 6.42 Å². The molecule has 0 amide bonds. The van der Waals surface area contributed by atoms with Gasteiger partial charge in [0.05, 0.1) is 11.3 Å². The molecule has 5 heterocycles. The largest absolute Gasteiger partial charge is 0.422 e. The lowest BCUT2D eigenvalue weighted by atomic mass is 10.1. The summed E-state index contributed by atoms with van der Waals surface area (Å²) in [7, 11) is 0. The highest BCUT2D eigenvalue weighted by Crippen LogP contribution is 2.32. The van der Waals surface area contributed by atoms with Gasteiger partial charge in [0.25, 0.3) is 0 Å². The number of hydrogen-bond donors (Lipinski definition) is 1. The Balaban J connectivity index is 1.43. The van der Waals surface area contributed by atoms with Crippen molar-refractivity contribution in [2.24, 2.45) is 0 Å². The summed E-state index contributed by atoms with van der Waals surface area (Å²) < 4.78 is 7.64. The molecule has 28 heavy (non-hydrogen) atoms. The van der Waals surface area contributed by atoms with Crippen molar-refractivity contribution in [2.45, 2.75) is 25.4 Å². The quantitative estimate of drug-likeness (QED) is 0.548. The summed E-state index contributed by atoms with van der Waals surface area (Å²) in [6.07, 6.45) is 5.07. The fourth-order valence-electron chi connectivity index (χ4n) is 4.57. The maximum atomic E-state index is 12.7. The van der Waals surface area contributed by atoms with Gasteiger partial charge in [-0.15, -0.1) is 0 Å². The molecule has 2 aliphatic heterocycles. The lowest BCUT2D eigenvalue weighted by Crippen LogP contribution is -2.43. The molecule has 2 bridgehead atoms. The van der Waals surface area contributed by atoms with E-state index in [0.29, 0.717) is 28.9 Å². The Labute approximate surface area is 161 Å². The molecule has 1 N–H and O–H groups in total. The molecule has 3 aromatic heterocycles. The lowest BCUT2D eigenvalue weighted by Gasteiger charge is -2.29. The molecule has 4 aromatic rings. The number of hydrogen-bond acceptors (Lipinski definition) is 5. The standard InChI is InChI=1S/C22H20N4O2/c1-13-2-5-21-24-19(12-25(21)10-13)18-6-14-3-4-16(8-20(14)28-22(18)27)26-11-15-7-17(26)9-23-15/h2-6,8,10,12,15,17,23H,7,9,11H2,1H3/t15-,17-/m0/s1. The van der Waals surface area contributed by atoms with Crippen LogP contribution in [0.1, 0.15) is 12.0 Å². The van der Waals surface area contributed by atoms with E-state index in [9.17, 15) is 4.79 Å². The van der Waals surface area contributed by atoms with Crippen LogP contribution in [-0.4, -0.2) is 34.6 Å². The van der Waals surface area contributed by atoms with Gasteiger partial charge in [-0.05, 0) is 43.2 Å². The lowest BCUT2D eigenvalue weighted by molar-refractivity contribution is 0.561. The van der Waals surface area contributed by atoms with E-state index >= 15 is 0 Å². The number of imidazole rings is 1. The third kappa shape index (κ3) is 2.38. The molecule has 2 atom stereocenters. The Morgan fingerprint density at radius 3 is 2.93 bits per heavy atom. The Kier molecular flexibility index (Phi) is 3.23. The zero-order chi connectivity index (χ0) is 18.8. The van der Waals surface area contributed by atoms with Crippen molar-refractivity contribution < 1.29 is 4.42 Å². The Morgan fingerprint density at radius 2 is 2.11 bits per heavy atom. The zero-order valence-electron chi connectivity index (χ0n) is 15.6. The SMILES string of the molecule is Cc1ccc2nc(-c3cc4ccc(N5C[C@@H]6C[C@H]5CN6)cc4oc3=O)cn2c1. The first kappa shape index (κ1) is 15.9. The molecule has 1 aromatic carbocycles. The van der Waals surface area contributed by atoms with Crippen LogP contribution < -0.4 is 15.8 Å². The molecule has 2 saturated heterocycles. The summed E-state index contributed by atoms with van der Waals surface area (Å²) >= 11 is 0. The van der Waals surface area contributed by atoms with Crippen LogP contribution in [0.15, 0.2) is 58.0 Å². The predicted molar refractivity (Wildman–Crippen MR) is 109 cm³/mol. The molecule has 6 nitrogen and oxygen atoms in total. The average Bonchev–Trinajstić information content (AvgIpc) is 3.41. The molecule has 0 spiro atoms. The van der Waals surface area contributed by atoms with Crippen LogP contribution in [0.4, 0.5) is 5.69 Å². The Morgan fingerprint density at radius 1 is 1.18 bits per heavy atom. The van der Waals surface area contributed by atoms with Gasteiger partial charge in [-0.2, -0.15) is 0 Å². The highest BCUT2D eigenvalue weighted by molar-refractivity contribution is 5.84. The van der Waals surface area contributed by atoms with Crippen LogP contribution in [0, 0.1) is 6.92 Å². The fourth-order valence-corrected chi connectivity index (χ4v) is 4.57. The molecule has 0 radical (unpaired) electrons. The second-order valence-electron chi connectivity index (χ2n) is 7.91. The summed E-state index contributed by atoms with van der Waals surface area (Å²) in [5, 5.41) is 4.43. The first-order valence-corrected chi connectivity index (χ1v) is 9.68. The molecule has 0 saturated carbocycles. The molecule has 6 heteroatoms. The van der Waals surface area contributed by atoms with Crippen LogP contribution in [0.5, 0.6) is 0 Å². The van der Waals surface area contributed by atoms with E-state index in [-0.39, 0.29) is 5.63 Å². The van der Waals surface area contributed by atoms with E-state index < -0.39 is 0 Å². The van der Waals surface area contributed by atoms with Gasteiger partial charge in [0.2, 0.25) is 0 Å². The first-order chi connectivity index (χ1) is 13.6. The summed E-state index contributed by atoms with van der Waals surface area (Å²) in [6, 6.07) is 13.1. The second-order valence-corrected chi connectivity index (χ2v) is 7.91. The van der Waals surface area contributed by atoms with Crippen molar-refractivity contribution in [3.63, 3.8) is 0 Å². The van der Waals surface area contributed by atoms with Crippen molar-refractivity contribution >= 4 is 22.3 Å². The second kappa shape index (κ2) is 5.69. The van der Waals surface area contributed by atoms with Crippen LogP contribution in [0.25, 0.3) is 27.9 Å². The molecular weight excluding hydrogens is 352 g/mol. The molecule has 6 rings (SSSR count). The first-order valence-electron chi connectivity index (χ1n) is 9.68. The molecular formula is C22H20N4O2. The number of pyridine rings is 1. The Bertz CT molecular complexity index is 1290. The third-order valence-electron chi connectivity index (χ3n) is 5.98. The van der Waals surface area contributed by atoms with Gasteiger partial charge < -0.3 is 19.0 Å². The number of piperazine rings is 1. The third-order valence-corrected chi connectivity index (χ3v) is 5.98. The summed E-state index contributed by atoms with van der Waals surface area (Å²) in [5.74, 6) is 0. The molecule has 2 fully saturated rings. The molecule has 0 aliphatic carbocycles. The van der Waals surface area contributed by atoms with Gasteiger partial charge in [-0.25, -0.2) is 9.78 Å². The van der Waals surface area contributed by atoms with E-state index in [0.717, 1.165) is 35.4 Å². The maximum Gasteiger partial charge on any atom is 0.345 e. The van der Waals surface area contributed by atoms with Crippen molar-refractivity contribution in [3.8, 4) is 11.3 Å². The van der Waals surface area contributed by atoms with E-state index in [1.807, 2.05) is 54.0 Å². The van der Waals surface area contributed by atoms with Crippen LogP contribution in [0.3, 0.4) is 0 Å². The minimum absolute atomic E-state index is 0.352. The summed E-state index contributed by atoms with van der Waals surface area (Å²) in [5.41, 5.74) is 4.48. The number of nitrogens with one attached hydrogen (secondary N) is 1. The molecule has 140 valence electrons. The number of aryl methyl sites for hydroxylation is 1. The zero-order valence-corrected chi connectivity index (χ0v) is 15.6. The highest BCUT2D eigenvalue weighted by Gasteiger charge is 2.37. The summed E-state index contributed by atoms with van der Waals surface area (Å²) in [6.45, 7) is 4.07. The van der Waals surface area contributed by atoms with Crippen LogP contribution in [-0.2, 0) is 0 Å². The van der Waals surface area contributed by atoms with Gasteiger partial charge in [0.1, 0.15) is 11.2 Å². The number of aromatic nitrogens is 2. The number of fused-ring (bicyclic) bond motifs is 4. The van der Waals surface area contributed by atoms with Crippen molar-refractivity contribution in [1.82, 2.24) is 14.7 Å². The van der Waals surface area contributed by atoms with Gasteiger partial charge >= 0.3 is 5.63 Å². The smallest absolute Gasteiger partial charge is 0.345 e.